The van der Waals surface area contributed by atoms with E-state index in [4.69, 9.17) is 33.7 Å². The molecule has 20 heavy (non-hydrogen) atoms. The van der Waals surface area contributed by atoms with Crippen LogP contribution in [0.5, 0.6) is 5.75 Å². The summed E-state index contributed by atoms with van der Waals surface area (Å²) in [5.74, 6) is 0.709. The van der Waals surface area contributed by atoms with E-state index in [1.165, 1.54) is 0 Å². The third-order valence-corrected chi connectivity index (χ3v) is 3.70. The molecule has 2 N–H and O–H groups in total. The highest BCUT2D eigenvalue weighted by molar-refractivity contribution is 6.31. The zero-order valence-corrected chi connectivity index (χ0v) is 12.9. The van der Waals surface area contributed by atoms with Gasteiger partial charge in [0, 0.05) is 24.5 Å². The third kappa shape index (κ3) is 3.66. The first kappa shape index (κ1) is 15.2. The van der Waals surface area contributed by atoms with E-state index in [0.717, 1.165) is 11.4 Å². The van der Waals surface area contributed by atoms with E-state index in [2.05, 4.69) is 5.10 Å². The molecule has 0 radical (unpaired) electrons. The van der Waals surface area contributed by atoms with Crippen LogP contribution in [0.15, 0.2) is 24.3 Å². The molecule has 0 bridgehead atoms. The predicted molar refractivity (Wildman–Crippen MR) is 81.6 cm³/mol. The number of nitrogens with two attached hydrogens (primary N) is 1. The van der Waals surface area contributed by atoms with Crippen molar-refractivity contribution in [3.8, 4) is 5.75 Å². The Balaban J connectivity index is 1.94. The first-order valence-corrected chi connectivity index (χ1v) is 7.05. The number of rotatable bonds is 5. The fraction of sp³-hybridized carbons (Fsp3) is 0.357. The van der Waals surface area contributed by atoms with Gasteiger partial charge >= 0.3 is 0 Å². The van der Waals surface area contributed by atoms with Gasteiger partial charge < -0.3 is 10.5 Å². The zero-order chi connectivity index (χ0) is 14.7. The van der Waals surface area contributed by atoms with Gasteiger partial charge in [0.15, 0.2) is 0 Å². The minimum Gasteiger partial charge on any atom is -0.492 e. The summed E-state index contributed by atoms with van der Waals surface area (Å²) >= 11 is 12.1. The van der Waals surface area contributed by atoms with Crippen LogP contribution in [0.4, 0.5) is 0 Å². The molecule has 0 amide bonds. The molecule has 2 rings (SSSR count). The zero-order valence-electron chi connectivity index (χ0n) is 11.4. The smallest absolute Gasteiger partial charge is 0.120 e. The van der Waals surface area contributed by atoms with Crippen molar-refractivity contribution in [3.05, 3.63) is 45.7 Å². The Hall–Kier alpha value is -1.23. The van der Waals surface area contributed by atoms with Crippen molar-refractivity contribution in [2.24, 2.45) is 12.8 Å². The summed E-state index contributed by atoms with van der Waals surface area (Å²) in [6.07, 6.45) is 0.608. The number of aromatic nitrogens is 2. The standard InChI is InChI=1S/C14H17Cl2N3O/c1-9-14(16)13(19(2)18-9)7-11(17)8-20-12-5-3-4-10(15)6-12/h3-6,11H,7-8,17H2,1-2H3. The summed E-state index contributed by atoms with van der Waals surface area (Å²) in [6, 6.07) is 7.08. The molecular formula is C14H17Cl2N3O. The minimum atomic E-state index is -0.165. The van der Waals surface area contributed by atoms with E-state index in [-0.39, 0.29) is 6.04 Å². The van der Waals surface area contributed by atoms with Crippen molar-refractivity contribution in [3.63, 3.8) is 0 Å². The van der Waals surface area contributed by atoms with Crippen molar-refractivity contribution in [2.75, 3.05) is 6.61 Å². The van der Waals surface area contributed by atoms with Crippen LogP contribution in [0.25, 0.3) is 0 Å². The van der Waals surface area contributed by atoms with E-state index in [1.54, 1.807) is 16.8 Å². The molecule has 0 aliphatic carbocycles. The minimum absolute atomic E-state index is 0.165. The largest absolute Gasteiger partial charge is 0.492 e. The van der Waals surface area contributed by atoms with Crippen LogP contribution in [0.3, 0.4) is 0 Å². The van der Waals surface area contributed by atoms with E-state index in [9.17, 15) is 0 Å². The van der Waals surface area contributed by atoms with Crippen LogP contribution >= 0.6 is 23.2 Å². The monoisotopic (exact) mass is 313 g/mol. The Bertz CT molecular complexity index is 598. The number of aryl methyl sites for hydroxylation is 2. The van der Waals surface area contributed by atoms with Crippen LogP contribution in [-0.4, -0.2) is 22.4 Å². The van der Waals surface area contributed by atoms with Crippen LogP contribution in [0.2, 0.25) is 10.0 Å². The lowest BCUT2D eigenvalue weighted by atomic mass is 10.1. The van der Waals surface area contributed by atoms with Crippen LogP contribution in [0, 0.1) is 6.92 Å². The van der Waals surface area contributed by atoms with Gasteiger partial charge in [-0.25, -0.2) is 0 Å². The van der Waals surface area contributed by atoms with Gasteiger partial charge in [0.25, 0.3) is 0 Å². The average molecular weight is 314 g/mol. The van der Waals surface area contributed by atoms with Crippen molar-refractivity contribution in [1.29, 1.82) is 0 Å². The average Bonchev–Trinajstić information content (AvgIpc) is 2.63. The fourth-order valence-corrected chi connectivity index (χ4v) is 2.39. The van der Waals surface area contributed by atoms with E-state index in [0.29, 0.717) is 28.8 Å². The number of ether oxygens (including phenoxy) is 1. The molecule has 2 aromatic rings. The second-order valence-electron chi connectivity index (χ2n) is 4.70. The Morgan fingerprint density at radius 3 is 2.75 bits per heavy atom. The van der Waals surface area contributed by atoms with Gasteiger partial charge in [0.05, 0.1) is 16.4 Å². The van der Waals surface area contributed by atoms with Gasteiger partial charge in [-0.2, -0.15) is 5.10 Å². The molecular weight excluding hydrogens is 297 g/mol. The Labute approximate surface area is 128 Å². The van der Waals surface area contributed by atoms with Crippen LogP contribution in [-0.2, 0) is 13.5 Å². The van der Waals surface area contributed by atoms with Crippen molar-refractivity contribution < 1.29 is 4.74 Å². The topological polar surface area (TPSA) is 53.1 Å². The van der Waals surface area contributed by atoms with E-state index < -0.39 is 0 Å². The van der Waals surface area contributed by atoms with Gasteiger partial charge in [-0.1, -0.05) is 29.3 Å². The molecule has 0 fully saturated rings. The lowest BCUT2D eigenvalue weighted by Crippen LogP contribution is -2.31. The summed E-state index contributed by atoms with van der Waals surface area (Å²) in [5.41, 5.74) is 7.82. The summed E-state index contributed by atoms with van der Waals surface area (Å²) in [5, 5.41) is 5.58. The van der Waals surface area contributed by atoms with Crippen molar-refractivity contribution in [1.82, 2.24) is 9.78 Å². The molecule has 0 spiro atoms. The van der Waals surface area contributed by atoms with Crippen molar-refractivity contribution in [2.45, 2.75) is 19.4 Å². The van der Waals surface area contributed by atoms with Crippen LogP contribution < -0.4 is 10.5 Å². The van der Waals surface area contributed by atoms with Gasteiger partial charge in [-0.3, -0.25) is 4.68 Å². The number of halogens is 2. The second kappa shape index (κ2) is 6.48. The first-order chi connectivity index (χ1) is 9.47. The normalized spacial score (nSPS) is 12.4. The van der Waals surface area contributed by atoms with Gasteiger partial charge in [0.2, 0.25) is 0 Å². The summed E-state index contributed by atoms with van der Waals surface area (Å²) in [6.45, 7) is 2.26. The Morgan fingerprint density at radius 1 is 1.40 bits per heavy atom. The summed E-state index contributed by atoms with van der Waals surface area (Å²) in [4.78, 5) is 0. The third-order valence-electron chi connectivity index (χ3n) is 2.98. The number of hydrogen-bond acceptors (Lipinski definition) is 3. The fourth-order valence-electron chi connectivity index (χ4n) is 1.97. The molecule has 4 nitrogen and oxygen atoms in total. The highest BCUT2D eigenvalue weighted by Crippen LogP contribution is 2.21. The maximum Gasteiger partial charge on any atom is 0.120 e. The first-order valence-electron chi connectivity index (χ1n) is 6.29. The maximum atomic E-state index is 6.20. The lowest BCUT2D eigenvalue weighted by molar-refractivity contribution is 0.286. The number of hydrogen-bond donors (Lipinski definition) is 1. The summed E-state index contributed by atoms with van der Waals surface area (Å²) in [7, 11) is 1.86. The van der Waals surface area contributed by atoms with E-state index in [1.807, 2.05) is 26.1 Å². The van der Waals surface area contributed by atoms with Crippen molar-refractivity contribution >= 4 is 23.2 Å². The number of nitrogens with zero attached hydrogens (tertiary/aromatic N) is 2. The molecule has 0 saturated heterocycles. The van der Waals surface area contributed by atoms with Gasteiger partial charge in [0.1, 0.15) is 12.4 Å². The Morgan fingerprint density at radius 2 is 2.15 bits per heavy atom. The SMILES string of the molecule is Cc1nn(C)c(CC(N)COc2cccc(Cl)c2)c1Cl. The molecule has 108 valence electrons. The highest BCUT2D eigenvalue weighted by Gasteiger charge is 2.15. The summed E-state index contributed by atoms with van der Waals surface area (Å²) < 4.78 is 7.39. The van der Waals surface area contributed by atoms with Gasteiger partial charge in [-0.05, 0) is 25.1 Å². The molecule has 0 aliphatic heterocycles. The highest BCUT2D eigenvalue weighted by atomic mass is 35.5. The molecule has 6 heteroatoms. The molecule has 1 aromatic heterocycles. The van der Waals surface area contributed by atoms with Gasteiger partial charge in [-0.15, -0.1) is 0 Å². The maximum absolute atomic E-state index is 6.20. The van der Waals surface area contributed by atoms with Crippen LogP contribution in [0.1, 0.15) is 11.4 Å². The molecule has 1 atom stereocenters. The molecule has 1 unspecified atom stereocenters. The molecule has 0 aliphatic rings. The Kier molecular flexibility index (Phi) is 4.91. The predicted octanol–water partition coefficient (Wildman–Crippen LogP) is 2.98. The molecule has 1 aromatic carbocycles. The quantitative estimate of drug-likeness (QED) is 0.923. The molecule has 1 heterocycles. The number of benzene rings is 1. The van der Waals surface area contributed by atoms with E-state index >= 15 is 0 Å². The lowest BCUT2D eigenvalue weighted by Gasteiger charge is -2.14. The second-order valence-corrected chi connectivity index (χ2v) is 5.52. The molecule has 0 saturated carbocycles.